The van der Waals surface area contributed by atoms with Gasteiger partial charge >= 0.3 is 5.97 Å². The maximum Gasteiger partial charge on any atom is 0.342 e. The monoisotopic (exact) mass is 368 g/mol. The first-order chi connectivity index (χ1) is 10.4. The van der Waals surface area contributed by atoms with Crippen LogP contribution in [0.25, 0.3) is 0 Å². The normalized spacial score (nSPS) is 11.8. The van der Waals surface area contributed by atoms with Crippen LogP contribution in [0.2, 0.25) is 0 Å². The van der Waals surface area contributed by atoms with Crippen molar-refractivity contribution in [2.45, 2.75) is 20.0 Å². The van der Waals surface area contributed by atoms with Crippen LogP contribution in [-0.4, -0.2) is 28.2 Å². The van der Waals surface area contributed by atoms with E-state index in [1.807, 2.05) is 0 Å². The van der Waals surface area contributed by atoms with E-state index in [4.69, 9.17) is 9.26 Å². The Kier molecular flexibility index (Phi) is 4.81. The zero-order chi connectivity index (χ0) is 16.3. The molecule has 0 aliphatic carbocycles. The van der Waals surface area contributed by atoms with Gasteiger partial charge in [0.1, 0.15) is 17.1 Å². The minimum atomic E-state index is -1.07. The number of rotatable bonds is 4. The molecule has 0 bridgehead atoms. The van der Waals surface area contributed by atoms with Crippen molar-refractivity contribution in [2.24, 2.45) is 0 Å². The van der Waals surface area contributed by atoms with E-state index in [0.717, 1.165) is 0 Å². The Morgan fingerprint density at radius 3 is 2.77 bits per heavy atom. The summed E-state index contributed by atoms with van der Waals surface area (Å²) in [5, 5.41) is 15.7. The molecule has 0 saturated carbocycles. The first-order valence-electron chi connectivity index (χ1n) is 6.30. The predicted octanol–water partition coefficient (Wildman–Crippen LogP) is 2.64. The number of halogens is 1. The highest BCUT2D eigenvalue weighted by Crippen LogP contribution is 2.23. The third-order valence-electron chi connectivity index (χ3n) is 2.71. The summed E-state index contributed by atoms with van der Waals surface area (Å²) >= 11 is 3.19. The van der Waals surface area contributed by atoms with Gasteiger partial charge in [0, 0.05) is 10.5 Å². The number of aromatic nitrogens is 1. The number of ether oxygens (including phenoxy) is 1. The fraction of sp³-hybridized carbons (Fsp3) is 0.214. The summed E-state index contributed by atoms with van der Waals surface area (Å²) in [6, 6.07) is 5.87. The van der Waals surface area contributed by atoms with E-state index in [0.29, 0.717) is 10.2 Å². The molecular formula is C14H13BrN2O5. The number of phenols is 1. The lowest BCUT2D eigenvalue weighted by Gasteiger charge is -2.13. The van der Waals surface area contributed by atoms with Crippen molar-refractivity contribution in [1.29, 1.82) is 0 Å². The molecule has 1 amide bonds. The highest BCUT2D eigenvalue weighted by atomic mass is 79.9. The molecule has 0 spiro atoms. The molecule has 0 radical (unpaired) electrons. The van der Waals surface area contributed by atoms with Crippen LogP contribution in [0.1, 0.15) is 23.0 Å². The van der Waals surface area contributed by atoms with E-state index in [1.165, 1.54) is 25.1 Å². The number of carbonyl (C=O) groups is 2. The second-order valence-electron chi connectivity index (χ2n) is 4.52. The second kappa shape index (κ2) is 6.61. The fourth-order valence-corrected chi connectivity index (χ4v) is 1.96. The van der Waals surface area contributed by atoms with Gasteiger partial charge in [0.05, 0.1) is 0 Å². The van der Waals surface area contributed by atoms with Gasteiger partial charge in [-0.3, -0.25) is 4.79 Å². The molecule has 8 heteroatoms. The van der Waals surface area contributed by atoms with Gasteiger partial charge in [0.15, 0.2) is 11.9 Å². The van der Waals surface area contributed by atoms with Crippen molar-refractivity contribution in [3.8, 4) is 5.75 Å². The van der Waals surface area contributed by atoms with E-state index >= 15 is 0 Å². The molecule has 0 fully saturated rings. The first kappa shape index (κ1) is 16.0. The molecule has 116 valence electrons. The van der Waals surface area contributed by atoms with E-state index < -0.39 is 18.0 Å². The fourth-order valence-electron chi connectivity index (χ4n) is 1.60. The molecule has 0 aliphatic heterocycles. The van der Waals surface area contributed by atoms with E-state index in [2.05, 4.69) is 26.4 Å². The van der Waals surface area contributed by atoms with Crippen molar-refractivity contribution < 1.29 is 24.0 Å². The quantitative estimate of drug-likeness (QED) is 0.804. The third-order valence-corrected chi connectivity index (χ3v) is 3.20. The van der Waals surface area contributed by atoms with E-state index in [-0.39, 0.29) is 17.1 Å². The summed E-state index contributed by atoms with van der Waals surface area (Å²) in [6.45, 7) is 3.09. The molecule has 0 saturated heterocycles. The van der Waals surface area contributed by atoms with Crippen LogP contribution >= 0.6 is 15.9 Å². The summed E-state index contributed by atoms with van der Waals surface area (Å²) in [7, 11) is 0. The number of aryl methyl sites for hydroxylation is 1. The number of nitrogens with one attached hydrogen (secondary N) is 1. The Morgan fingerprint density at radius 1 is 1.41 bits per heavy atom. The zero-order valence-corrected chi connectivity index (χ0v) is 13.4. The van der Waals surface area contributed by atoms with Gasteiger partial charge in [-0.1, -0.05) is 21.1 Å². The highest BCUT2D eigenvalue weighted by molar-refractivity contribution is 9.10. The Labute approximate surface area is 134 Å². The topological polar surface area (TPSA) is 102 Å². The number of hydrogen-bond donors (Lipinski definition) is 2. The molecular weight excluding hydrogens is 356 g/mol. The zero-order valence-electron chi connectivity index (χ0n) is 11.8. The maximum absolute atomic E-state index is 12.0. The van der Waals surface area contributed by atoms with Crippen LogP contribution in [0.3, 0.4) is 0 Å². The lowest BCUT2D eigenvalue weighted by atomic mass is 10.2. The molecule has 2 N–H and O–H groups in total. The summed E-state index contributed by atoms with van der Waals surface area (Å²) < 4.78 is 10.4. The Balaban J connectivity index is 2.01. The van der Waals surface area contributed by atoms with Gasteiger partial charge in [0.2, 0.25) is 0 Å². The number of benzene rings is 1. The first-order valence-corrected chi connectivity index (χ1v) is 7.10. The van der Waals surface area contributed by atoms with E-state index in [1.54, 1.807) is 13.0 Å². The van der Waals surface area contributed by atoms with Crippen LogP contribution in [-0.2, 0) is 9.53 Å². The van der Waals surface area contributed by atoms with Gasteiger partial charge in [-0.25, -0.2) is 4.79 Å². The number of anilines is 1. The predicted molar refractivity (Wildman–Crippen MR) is 80.6 cm³/mol. The lowest BCUT2D eigenvalue weighted by Crippen LogP contribution is -2.30. The van der Waals surface area contributed by atoms with Crippen molar-refractivity contribution in [1.82, 2.24) is 5.16 Å². The number of hydrogen-bond acceptors (Lipinski definition) is 6. The summed E-state index contributed by atoms with van der Waals surface area (Å²) in [6.07, 6.45) is -1.07. The minimum Gasteiger partial charge on any atom is -0.507 e. The molecule has 1 aromatic carbocycles. The highest BCUT2D eigenvalue weighted by Gasteiger charge is 2.22. The van der Waals surface area contributed by atoms with Crippen LogP contribution in [0.15, 0.2) is 33.3 Å². The van der Waals surface area contributed by atoms with Gasteiger partial charge in [0.25, 0.3) is 5.91 Å². The number of aromatic hydroxyl groups is 1. The molecule has 2 rings (SSSR count). The smallest absolute Gasteiger partial charge is 0.342 e. The average molecular weight is 369 g/mol. The SMILES string of the molecule is Cc1cc(NC(=O)C(C)OC(=O)c2cc(Br)ccc2O)no1. The summed E-state index contributed by atoms with van der Waals surface area (Å²) in [4.78, 5) is 23.9. The van der Waals surface area contributed by atoms with E-state index in [9.17, 15) is 14.7 Å². The van der Waals surface area contributed by atoms with Gasteiger partial charge in [-0.05, 0) is 32.0 Å². The number of esters is 1. The Morgan fingerprint density at radius 2 is 2.14 bits per heavy atom. The van der Waals surface area contributed by atoms with Gasteiger partial charge in [-0.15, -0.1) is 0 Å². The molecule has 7 nitrogen and oxygen atoms in total. The van der Waals surface area contributed by atoms with Gasteiger partial charge in [-0.2, -0.15) is 0 Å². The van der Waals surface area contributed by atoms with Crippen molar-refractivity contribution in [3.05, 3.63) is 40.1 Å². The number of amides is 1. The number of phenolic OH excluding ortho intramolecular Hbond substituents is 1. The van der Waals surface area contributed by atoms with Crippen molar-refractivity contribution in [2.75, 3.05) is 5.32 Å². The molecule has 1 unspecified atom stereocenters. The lowest BCUT2D eigenvalue weighted by molar-refractivity contribution is -0.123. The largest absolute Gasteiger partial charge is 0.507 e. The molecule has 2 aromatic rings. The Bertz CT molecular complexity index is 713. The average Bonchev–Trinajstić information content (AvgIpc) is 2.86. The Hall–Kier alpha value is -2.35. The minimum absolute atomic E-state index is 0.0358. The summed E-state index contributed by atoms with van der Waals surface area (Å²) in [5.41, 5.74) is -0.0358. The number of nitrogens with zero attached hydrogens (tertiary/aromatic N) is 1. The van der Waals surface area contributed by atoms with Crippen LogP contribution in [0.5, 0.6) is 5.75 Å². The molecule has 1 atom stereocenters. The maximum atomic E-state index is 12.0. The van der Waals surface area contributed by atoms with Gasteiger partial charge < -0.3 is 19.7 Å². The third kappa shape index (κ3) is 3.85. The van der Waals surface area contributed by atoms with Crippen molar-refractivity contribution >= 4 is 33.6 Å². The molecule has 22 heavy (non-hydrogen) atoms. The standard InChI is InChI=1S/C14H13BrN2O5/c1-7-5-12(17-22-7)16-13(19)8(2)21-14(20)10-6-9(15)3-4-11(10)18/h3-6,8,18H,1-2H3,(H,16,17,19). The number of carbonyl (C=O) groups excluding carboxylic acids is 2. The molecule has 1 aromatic heterocycles. The van der Waals surface area contributed by atoms with Crippen LogP contribution in [0.4, 0.5) is 5.82 Å². The second-order valence-corrected chi connectivity index (χ2v) is 5.44. The molecule has 0 aliphatic rings. The van der Waals surface area contributed by atoms with Crippen LogP contribution < -0.4 is 5.32 Å². The van der Waals surface area contributed by atoms with Crippen molar-refractivity contribution in [3.63, 3.8) is 0 Å². The molecule has 1 heterocycles. The van der Waals surface area contributed by atoms with Crippen LogP contribution in [0, 0.1) is 6.92 Å². The summed E-state index contributed by atoms with van der Waals surface area (Å²) in [5.74, 6) is -0.823.